The maximum absolute atomic E-state index is 15.4. The van der Waals surface area contributed by atoms with Crippen molar-refractivity contribution in [1.82, 2.24) is 29.6 Å². The number of aryl methyl sites for hydroxylation is 2. The van der Waals surface area contributed by atoms with E-state index in [1.807, 2.05) is 0 Å². The summed E-state index contributed by atoms with van der Waals surface area (Å²) in [4.78, 5) is 27.1. The Balaban J connectivity index is 1.45. The van der Waals surface area contributed by atoms with E-state index < -0.39 is 17.8 Å². The van der Waals surface area contributed by atoms with Crippen LogP contribution in [0.4, 0.5) is 4.39 Å². The van der Waals surface area contributed by atoms with Crippen LogP contribution in [0.1, 0.15) is 39.4 Å². The molecule has 6 rings (SSSR count). The third kappa shape index (κ3) is 2.98. The van der Waals surface area contributed by atoms with Crippen LogP contribution in [0.2, 0.25) is 0 Å². The Hall–Kier alpha value is -4.21. The number of carbonyl (C=O) groups is 1. The number of hydrogen-bond acceptors (Lipinski definition) is 6. The van der Waals surface area contributed by atoms with Gasteiger partial charge >= 0.3 is 0 Å². The highest BCUT2D eigenvalue weighted by Gasteiger charge is 2.40. The van der Waals surface area contributed by atoms with Gasteiger partial charge in [-0.15, -0.1) is 0 Å². The monoisotopic (exact) mass is 446 g/mol. The van der Waals surface area contributed by atoms with E-state index in [0.29, 0.717) is 46.8 Å². The quantitative estimate of drug-likeness (QED) is 0.452. The lowest BCUT2D eigenvalue weighted by molar-refractivity contribution is 0.0636. The minimum absolute atomic E-state index is 0.0438. The molecule has 0 bridgehead atoms. The van der Waals surface area contributed by atoms with Gasteiger partial charge in [0.15, 0.2) is 11.6 Å². The summed E-state index contributed by atoms with van der Waals surface area (Å²) in [5, 5.41) is 4.48. The molecule has 0 spiro atoms. The Morgan fingerprint density at radius 2 is 2.12 bits per heavy atom. The maximum Gasteiger partial charge on any atom is 0.292 e. The van der Waals surface area contributed by atoms with Gasteiger partial charge in [0.2, 0.25) is 11.7 Å². The van der Waals surface area contributed by atoms with Gasteiger partial charge in [-0.25, -0.2) is 14.4 Å². The molecule has 4 aromatic heterocycles. The number of imidazole rings is 1. The lowest BCUT2D eigenvalue weighted by Crippen LogP contribution is -2.41. The SMILES string of the molecule is Cc1nc(-c2cnn(C)c2)oc1C(=O)N1CCc2[nH]cnc2[C@H]1c1oc2ccccc2c1F. The van der Waals surface area contributed by atoms with Gasteiger partial charge in [-0.2, -0.15) is 5.10 Å². The smallest absolute Gasteiger partial charge is 0.292 e. The molecule has 0 fully saturated rings. The second-order valence-corrected chi connectivity index (χ2v) is 8.03. The second-order valence-electron chi connectivity index (χ2n) is 8.03. The van der Waals surface area contributed by atoms with E-state index in [-0.39, 0.29) is 11.5 Å². The van der Waals surface area contributed by atoms with Gasteiger partial charge in [-0.1, -0.05) is 12.1 Å². The average molecular weight is 446 g/mol. The first-order valence-electron chi connectivity index (χ1n) is 10.5. The number of hydrogen-bond donors (Lipinski definition) is 1. The predicted molar refractivity (Wildman–Crippen MR) is 115 cm³/mol. The molecule has 1 aromatic carbocycles. The van der Waals surface area contributed by atoms with Crippen LogP contribution in [-0.4, -0.2) is 42.1 Å². The summed E-state index contributed by atoms with van der Waals surface area (Å²) in [6, 6.07) is 6.02. The summed E-state index contributed by atoms with van der Waals surface area (Å²) in [7, 11) is 1.78. The molecule has 0 saturated carbocycles. The number of para-hydroxylation sites is 1. The number of fused-ring (bicyclic) bond motifs is 2. The highest BCUT2D eigenvalue weighted by Crippen LogP contribution is 2.39. The molecule has 5 aromatic rings. The number of oxazole rings is 1. The topological polar surface area (TPSA) is 106 Å². The van der Waals surface area contributed by atoms with E-state index >= 15 is 4.39 Å². The highest BCUT2D eigenvalue weighted by atomic mass is 19.1. The molecule has 1 amide bonds. The Labute approximate surface area is 186 Å². The van der Waals surface area contributed by atoms with Crippen molar-refractivity contribution in [1.29, 1.82) is 0 Å². The van der Waals surface area contributed by atoms with E-state index in [1.54, 1.807) is 61.6 Å². The average Bonchev–Trinajstić information content (AvgIpc) is 3.59. The van der Waals surface area contributed by atoms with Crippen molar-refractivity contribution in [3.8, 4) is 11.5 Å². The molecule has 0 aliphatic carbocycles. The number of benzene rings is 1. The molecule has 0 radical (unpaired) electrons. The minimum Gasteiger partial charge on any atom is -0.455 e. The lowest BCUT2D eigenvalue weighted by atomic mass is 9.99. The number of halogens is 1. The summed E-state index contributed by atoms with van der Waals surface area (Å²) in [5.74, 6) is -0.479. The molecule has 10 heteroatoms. The van der Waals surface area contributed by atoms with Crippen LogP contribution in [0, 0.1) is 12.7 Å². The minimum atomic E-state index is -0.841. The standard InChI is InChI=1S/C23H19FN6O3/c1-12-20(33-22(28-12)13-9-27-29(2)10-13)23(31)30-8-7-15-18(26-11-25-15)19(30)21-17(24)14-5-3-4-6-16(14)32-21/h3-6,9-11,19H,7-8H2,1-2H3,(H,25,26)/t19-/m0/s1. The van der Waals surface area contributed by atoms with E-state index in [1.165, 1.54) is 4.90 Å². The van der Waals surface area contributed by atoms with Gasteiger partial charge < -0.3 is 18.7 Å². The zero-order valence-electron chi connectivity index (χ0n) is 17.9. The molecule has 33 heavy (non-hydrogen) atoms. The van der Waals surface area contributed by atoms with Crippen LogP contribution in [0.5, 0.6) is 0 Å². The summed E-state index contributed by atoms with van der Waals surface area (Å²) >= 11 is 0. The molecule has 5 heterocycles. The van der Waals surface area contributed by atoms with Gasteiger partial charge in [0.1, 0.15) is 11.6 Å². The number of aromatic nitrogens is 5. The van der Waals surface area contributed by atoms with Crippen molar-refractivity contribution in [3.05, 3.63) is 77.4 Å². The van der Waals surface area contributed by atoms with Crippen LogP contribution in [0.3, 0.4) is 0 Å². The first kappa shape index (κ1) is 19.5. The Bertz CT molecular complexity index is 1510. The van der Waals surface area contributed by atoms with Crippen LogP contribution < -0.4 is 0 Å². The normalized spacial score (nSPS) is 15.8. The van der Waals surface area contributed by atoms with Crippen molar-refractivity contribution in [2.75, 3.05) is 6.54 Å². The molecule has 1 N–H and O–H groups in total. The van der Waals surface area contributed by atoms with E-state index in [4.69, 9.17) is 8.83 Å². The molecule has 1 aliphatic heterocycles. The fourth-order valence-electron chi connectivity index (χ4n) is 4.35. The number of amides is 1. The number of nitrogens with zero attached hydrogens (tertiary/aromatic N) is 5. The third-order valence-electron chi connectivity index (χ3n) is 5.94. The van der Waals surface area contributed by atoms with Crippen molar-refractivity contribution in [3.63, 3.8) is 0 Å². The number of nitrogens with one attached hydrogen (secondary N) is 1. The number of H-pyrrole nitrogens is 1. The van der Waals surface area contributed by atoms with Crippen molar-refractivity contribution in [2.24, 2.45) is 7.05 Å². The fraction of sp³-hybridized carbons (Fsp3) is 0.217. The molecule has 9 nitrogen and oxygen atoms in total. The van der Waals surface area contributed by atoms with Gasteiger partial charge in [0.05, 0.1) is 34.9 Å². The zero-order chi connectivity index (χ0) is 22.7. The highest BCUT2D eigenvalue weighted by molar-refractivity contribution is 5.93. The predicted octanol–water partition coefficient (Wildman–Crippen LogP) is 3.78. The number of rotatable bonds is 3. The van der Waals surface area contributed by atoms with E-state index in [2.05, 4.69) is 20.1 Å². The molecule has 1 atom stereocenters. The van der Waals surface area contributed by atoms with E-state index in [9.17, 15) is 4.79 Å². The third-order valence-corrected chi connectivity index (χ3v) is 5.94. The zero-order valence-corrected chi connectivity index (χ0v) is 17.9. The molecule has 0 saturated heterocycles. The number of furan rings is 1. The number of carbonyl (C=O) groups excluding carboxylic acids is 1. The Kier molecular flexibility index (Phi) is 4.22. The van der Waals surface area contributed by atoms with E-state index in [0.717, 1.165) is 5.69 Å². The van der Waals surface area contributed by atoms with Crippen LogP contribution in [0.15, 0.2) is 51.8 Å². The van der Waals surface area contributed by atoms with Crippen molar-refractivity contribution < 1.29 is 18.0 Å². The van der Waals surface area contributed by atoms with Crippen LogP contribution >= 0.6 is 0 Å². The summed E-state index contributed by atoms with van der Waals surface area (Å²) in [6.45, 7) is 2.04. The summed E-state index contributed by atoms with van der Waals surface area (Å²) < 4.78 is 28.8. The summed E-state index contributed by atoms with van der Waals surface area (Å²) in [5.41, 5.74) is 2.91. The molecule has 0 unspecified atom stereocenters. The Morgan fingerprint density at radius 3 is 2.91 bits per heavy atom. The molecular formula is C23H19FN6O3. The first-order chi connectivity index (χ1) is 16.0. The number of aromatic amines is 1. The van der Waals surface area contributed by atoms with Gasteiger partial charge in [0.25, 0.3) is 5.91 Å². The van der Waals surface area contributed by atoms with Crippen LogP contribution in [-0.2, 0) is 13.5 Å². The molecule has 166 valence electrons. The van der Waals surface area contributed by atoms with Crippen LogP contribution in [0.25, 0.3) is 22.4 Å². The fourth-order valence-corrected chi connectivity index (χ4v) is 4.35. The molecular weight excluding hydrogens is 427 g/mol. The van der Waals surface area contributed by atoms with Gasteiger partial charge in [-0.3, -0.25) is 9.48 Å². The molecule has 1 aliphatic rings. The van der Waals surface area contributed by atoms with Gasteiger partial charge in [0, 0.05) is 31.9 Å². The maximum atomic E-state index is 15.4. The van der Waals surface area contributed by atoms with Crippen molar-refractivity contribution in [2.45, 2.75) is 19.4 Å². The summed E-state index contributed by atoms with van der Waals surface area (Å²) in [6.07, 6.45) is 5.46. The van der Waals surface area contributed by atoms with Gasteiger partial charge in [-0.05, 0) is 19.1 Å². The second kappa shape index (κ2) is 7.16. The lowest BCUT2D eigenvalue weighted by Gasteiger charge is -2.33. The van der Waals surface area contributed by atoms with Crippen molar-refractivity contribution >= 4 is 16.9 Å². The largest absolute Gasteiger partial charge is 0.455 e. The Morgan fingerprint density at radius 1 is 1.27 bits per heavy atom. The first-order valence-corrected chi connectivity index (χ1v) is 10.5.